The highest BCUT2D eigenvalue weighted by atomic mass is 16.6. The van der Waals surface area contributed by atoms with Crippen molar-refractivity contribution in [3.05, 3.63) is 85.1 Å². The van der Waals surface area contributed by atoms with E-state index in [0.717, 1.165) is 83.5 Å². The molecule has 0 spiro atoms. The molecule has 0 N–H and O–H groups in total. The molecule has 0 radical (unpaired) electrons. The Hall–Kier alpha value is -3.41. The molecule has 0 aromatic heterocycles. The first-order valence-electron chi connectivity index (χ1n) is 35.1. The predicted molar refractivity (Wildman–Crippen MR) is 353 cm³/mol. The topological polar surface area (TPSA) is 78.9 Å². The van der Waals surface area contributed by atoms with Gasteiger partial charge in [0.15, 0.2) is 6.10 Å². The molecule has 0 amide bonds. The molecule has 0 saturated heterocycles. The molecule has 0 aromatic carbocycles. The molecule has 0 aliphatic rings. The highest BCUT2D eigenvalue weighted by Crippen LogP contribution is 2.18. The van der Waals surface area contributed by atoms with Crippen LogP contribution in [-0.4, -0.2) is 37.2 Å². The number of hydrogen-bond donors (Lipinski definition) is 0. The number of rotatable bonds is 64. The molecular weight excluding hydrogens is 997 g/mol. The van der Waals surface area contributed by atoms with Crippen LogP contribution in [0, 0.1) is 0 Å². The maximum absolute atomic E-state index is 12.8. The van der Waals surface area contributed by atoms with Gasteiger partial charge in [0.1, 0.15) is 13.2 Å². The van der Waals surface area contributed by atoms with E-state index in [0.29, 0.717) is 12.8 Å². The van der Waals surface area contributed by atoms with Crippen LogP contribution in [0.1, 0.15) is 355 Å². The van der Waals surface area contributed by atoms with E-state index in [4.69, 9.17) is 14.2 Å². The molecule has 0 fully saturated rings. The van der Waals surface area contributed by atoms with Gasteiger partial charge in [-0.3, -0.25) is 14.4 Å². The molecule has 1 atom stereocenters. The van der Waals surface area contributed by atoms with Gasteiger partial charge >= 0.3 is 17.9 Å². The summed E-state index contributed by atoms with van der Waals surface area (Å²) < 4.78 is 16.8. The van der Waals surface area contributed by atoms with E-state index in [9.17, 15) is 14.4 Å². The zero-order valence-corrected chi connectivity index (χ0v) is 53.8. The van der Waals surface area contributed by atoms with E-state index < -0.39 is 12.1 Å². The Morgan fingerprint density at radius 2 is 0.519 bits per heavy atom. The minimum atomic E-state index is -0.834. The normalized spacial score (nSPS) is 12.6. The molecule has 81 heavy (non-hydrogen) atoms. The van der Waals surface area contributed by atoms with Crippen LogP contribution in [0.15, 0.2) is 85.1 Å². The number of carbonyl (C=O) groups is 3. The summed E-state index contributed by atoms with van der Waals surface area (Å²) in [5, 5.41) is 0. The largest absolute Gasteiger partial charge is 0.462 e. The summed E-state index contributed by atoms with van der Waals surface area (Å²) in [4.78, 5) is 38.3. The van der Waals surface area contributed by atoms with Crippen LogP contribution >= 0.6 is 0 Å². The lowest BCUT2D eigenvalue weighted by Gasteiger charge is -2.18. The van der Waals surface area contributed by atoms with Crippen molar-refractivity contribution in [1.82, 2.24) is 0 Å². The molecule has 0 rings (SSSR count). The maximum Gasteiger partial charge on any atom is 0.310 e. The van der Waals surface area contributed by atoms with Gasteiger partial charge in [0.25, 0.3) is 0 Å². The molecule has 0 saturated carbocycles. The summed E-state index contributed by atoms with van der Waals surface area (Å²) in [6.07, 6.45) is 92.3. The maximum atomic E-state index is 12.8. The van der Waals surface area contributed by atoms with Crippen molar-refractivity contribution in [2.45, 2.75) is 361 Å². The number of carbonyl (C=O) groups excluding carboxylic acids is 3. The lowest BCUT2D eigenvalue weighted by atomic mass is 10.0. The van der Waals surface area contributed by atoms with Crippen molar-refractivity contribution in [2.24, 2.45) is 0 Å². The Bertz CT molecular complexity index is 1530. The fourth-order valence-electron chi connectivity index (χ4n) is 10.2. The third-order valence-electron chi connectivity index (χ3n) is 15.4. The molecule has 6 heteroatoms. The van der Waals surface area contributed by atoms with Gasteiger partial charge in [-0.1, -0.05) is 324 Å². The Balaban J connectivity index is 4.19. The average molecular weight is 1130 g/mol. The number of hydrogen-bond acceptors (Lipinski definition) is 6. The smallest absolute Gasteiger partial charge is 0.310 e. The van der Waals surface area contributed by atoms with Gasteiger partial charge in [0, 0.05) is 12.8 Å². The van der Waals surface area contributed by atoms with Gasteiger partial charge in [0.2, 0.25) is 0 Å². The average Bonchev–Trinajstić information content (AvgIpc) is 3.47. The third-order valence-corrected chi connectivity index (χ3v) is 15.4. The van der Waals surface area contributed by atoms with Crippen LogP contribution < -0.4 is 0 Å². The Kier molecular flexibility index (Phi) is 66.2. The SMILES string of the molecule is CC/C=C\C/C=C\C/C=C\C/C=C\C/C=C\CC(=O)OC(COC(=O)CCCCCCC/C=C\CCCCCCCC)COC(=O)CCCCCCCCCCCCCCCCCCCCCCC/C=C\CCCCCCCCCC. The zero-order chi connectivity index (χ0) is 58.5. The molecule has 468 valence electrons. The second kappa shape index (κ2) is 69.1. The van der Waals surface area contributed by atoms with E-state index >= 15 is 0 Å². The first-order chi connectivity index (χ1) is 40.0. The highest BCUT2D eigenvalue weighted by Gasteiger charge is 2.19. The third kappa shape index (κ3) is 67.3. The number of esters is 3. The fraction of sp³-hybridized carbons (Fsp3) is 0.773. The van der Waals surface area contributed by atoms with Gasteiger partial charge in [-0.15, -0.1) is 0 Å². The first kappa shape index (κ1) is 77.6. The lowest BCUT2D eigenvalue weighted by Crippen LogP contribution is -2.30. The molecule has 0 heterocycles. The summed E-state index contributed by atoms with van der Waals surface area (Å²) in [6.45, 7) is 6.47. The number of ether oxygens (including phenoxy) is 3. The van der Waals surface area contributed by atoms with Crippen LogP contribution in [0.25, 0.3) is 0 Å². The molecule has 0 aliphatic carbocycles. The van der Waals surface area contributed by atoms with Gasteiger partial charge in [0.05, 0.1) is 6.42 Å². The Morgan fingerprint density at radius 3 is 0.802 bits per heavy atom. The highest BCUT2D eigenvalue weighted by molar-refractivity contribution is 5.72. The molecule has 0 bridgehead atoms. The van der Waals surface area contributed by atoms with Crippen molar-refractivity contribution in [3.63, 3.8) is 0 Å². The number of unbranched alkanes of at least 4 members (excludes halogenated alkanes) is 40. The minimum absolute atomic E-state index is 0.0968. The summed E-state index contributed by atoms with van der Waals surface area (Å²) in [7, 11) is 0. The van der Waals surface area contributed by atoms with Crippen LogP contribution in [0.5, 0.6) is 0 Å². The standard InChI is InChI=1S/C75H132O6/c1-4-7-10-13-16-19-22-25-28-29-30-31-32-33-34-35-36-37-38-39-40-41-42-43-44-45-48-50-53-56-59-62-65-68-74(77)80-71-72(81-75(78)69-66-63-60-57-54-51-47-27-24-21-18-15-12-9-6-3)70-79-73(76)67-64-61-58-55-52-49-46-26-23-20-17-14-11-8-5-2/h9,12,18,21,26-27,29-30,46-47,54,57,63,66,72H,4-8,10-11,13-17,19-20,22-25,28,31-45,48-53,55-56,58-62,64-65,67-71H2,1-3H3/b12-9-,21-18-,30-29-,46-26-,47-27-,57-54-,66-63-. The van der Waals surface area contributed by atoms with Gasteiger partial charge in [-0.2, -0.15) is 0 Å². The first-order valence-corrected chi connectivity index (χ1v) is 35.1. The van der Waals surface area contributed by atoms with E-state index in [1.165, 1.54) is 231 Å². The molecule has 0 aromatic rings. The molecule has 1 unspecified atom stereocenters. The van der Waals surface area contributed by atoms with Crippen molar-refractivity contribution < 1.29 is 28.6 Å². The van der Waals surface area contributed by atoms with Crippen molar-refractivity contribution in [1.29, 1.82) is 0 Å². The molecule has 6 nitrogen and oxygen atoms in total. The van der Waals surface area contributed by atoms with Gasteiger partial charge in [-0.25, -0.2) is 0 Å². The Labute approximate surface area is 503 Å². The summed E-state index contributed by atoms with van der Waals surface area (Å²) in [6, 6.07) is 0. The van der Waals surface area contributed by atoms with Crippen LogP contribution in [0.3, 0.4) is 0 Å². The van der Waals surface area contributed by atoms with Gasteiger partial charge in [-0.05, 0) is 96.3 Å². The van der Waals surface area contributed by atoms with Crippen LogP contribution in [0.4, 0.5) is 0 Å². The summed E-state index contributed by atoms with van der Waals surface area (Å²) >= 11 is 0. The zero-order valence-electron chi connectivity index (χ0n) is 53.8. The van der Waals surface area contributed by atoms with Crippen LogP contribution in [0.2, 0.25) is 0 Å². The summed E-state index contributed by atoms with van der Waals surface area (Å²) in [5.41, 5.74) is 0. The molecular formula is C75H132O6. The summed E-state index contributed by atoms with van der Waals surface area (Å²) in [5.74, 6) is -1.04. The second-order valence-electron chi connectivity index (χ2n) is 23.4. The lowest BCUT2D eigenvalue weighted by molar-refractivity contribution is -0.166. The van der Waals surface area contributed by atoms with Crippen molar-refractivity contribution >= 4 is 17.9 Å². The van der Waals surface area contributed by atoms with Crippen molar-refractivity contribution in [3.8, 4) is 0 Å². The van der Waals surface area contributed by atoms with E-state index in [1.807, 2.05) is 6.08 Å². The quantitative estimate of drug-likeness (QED) is 0.0261. The fourth-order valence-corrected chi connectivity index (χ4v) is 10.2. The Morgan fingerprint density at radius 1 is 0.272 bits per heavy atom. The van der Waals surface area contributed by atoms with E-state index in [-0.39, 0.29) is 31.6 Å². The molecule has 0 aliphatic heterocycles. The second-order valence-corrected chi connectivity index (χ2v) is 23.4. The van der Waals surface area contributed by atoms with Crippen molar-refractivity contribution in [2.75, 3.05) is 13.2 Å². The van der Waals surface area contributed by atoms with Crippen LogP contribution in [-0.2, 0) is 28.6 Å². The number of allylic oxidation sites excluding steroid dienone is 13. The minimum Gasteiger partial charge on any atom is -0.462 e. The van der Waals surface area contributed by atoms with E-state index in [2.05, 4.69) is 93.7 Å². The van der Waals surface area contributed by atoms with Gasteiger partial charge < -0.3 is 14.2 Å². The monoisotopic (exact) mass is 1130 g/mol. The predicted octanol–water partition coefficient (Wildman–Crippen LogP) is 24.2. The van der Waals surface area contributed by atoms with E-state index in [1.54, 1.807) is 6.08 Å².